The van der Waals surface area contributed by atoms with Crippen LogP contribution in [0.25, 0.3) is 0 Å². The summed E-state index contributed by atoms with van der Waals surface area (Å²) < 4.78 is 27.6. The first kappa shape index (κ1) is 17.6. The lowest BCUT2D eigenvalue weighted by Crippen LogP contribution is -2.40. The van der Waals surface area contributed by atoms with Crippen LogP contribution in [0.2, 0.25) is 0 Å². The van der Waals surface area contributed by atoms with Gasteiger partial charge in [0, 0.05) is 26.5 Å². The summed E-state index contributed by atoms with van der Waals surface area (Å²) in [5.74, 6) is -0.224. The molecule has 0 heterocycles. The molecule has 1 amide bonds. The molecule has 0 fully saturated rings. The van der Waals surface area contributed by atoms with E-state index in [1.54, 1.807) is 19.2 Å². The smallest absolute Gasteiger partial charge is 0.237 e. The highest BCUT2D eigenvalue weighted by Gasteiger charge is 2.12. The zero-order valence-electron chi connectivity index (χ0n) is 12.3. The van der Waals surface area contributed by atoms with Gasteiger partial charge in [0.15, 0.2) is 9.84 Å². The van der Waals surface area contributed by atoms with E-state index < -0.39 is 15.9 Å². The molecule has 0 aliphatic rings. The predicted octanol–water partition coefficient (Wildman–Crippen LogP) is 0.460. The zero-order valence-corrected chi connectivity index (χ0v) is 13.2. The lowest BCUT2D eigenvalue weighted by Gasteiger charge is -2.12. The molecule has 1 rings (SSSR count). The van der Waals surface area contributed by atoms with Crippen LogP contribution in [0.1, 0.15) is 18.4 Å². The predicted molar refractivity (Wildman–Crippen MR) is 80.5 cm³/mol. The first-order valence-corrected chi connectivity index (χ1v) is 8.55. The first-order valence-electron chi connectivity index (χ1n) is 6.66. The number of benzene rings is 1. The van der Waals surface area contributed by atoms with Crippen molar-refractivity contribution in [3.05, 3.63) is 29.8 Å². The number of hydrogen-bond donors (Lipinski definition) is 2. The van der Waals surface area contributed by atoms with Crippen molar-refractivity contribution in [1.82, 2.24) is 5.32 Å². The Hall–Kier alpha value is -1.44. The van der Waals surface area contributed by atoms with Gasteiger partial charge < -0.3 is 15.8 Å². The van der Waals surface area contributed by atoms with Crippen LogP contribution in [0, 0.1) is 0 Å². The molecule has 0 aliphatic heterocycles. The minimum atomic E-state index is -3.20. The summed E-state index contributed by atoms with van der Waals surface area (Å²) in [5, 5.41) is 2.73. The van der Waals surface area contributed by atoms with Crippen molar-refractivity contribution >= 4 is 15.7 Å². The normalized spacial score (nSPS) is 12.9. The third-order valence-corrected chi connectivity index (χ3v) is 4.15. The van der Waals surface area contributed by atoms with Crippen molar-refractivity contribution in [3.8, 4) is 0 Å². The summed E-state index contributed by atoms with van der Waals surface area (Å²) in [6.45, 7) is 0.898. The van der Waals surface area contributed by atoms with Gasteiger partial charge in [0.05, 0.1) is 10.9 Å². The second-order valence-electron chi connectivity index (χ2n) is 4.88. The third kappa shape index (κ3) is 6.24. The summed E-state index contributed by atoms with van der Waals surface area (Å²) in [5.41, 5.74) is 6.58. The molecule has 0 saturated carbocycles. The standard InChI is InChI=1S/C14H22N2O4S/c1-20-9-3-4-13(15)14(17)16-10-11-5-7-12(8-6-11)21(2,18)19/h5-8,13H,3-4,9-10,15H2,1-2H3,(H,16,17). The average Bonchev–Trinajstić information content (AvgIpc) is 2.44. The molecule has 118 valence electrons. The largest absolute Gasteiger partial charge is 0.385 e. The highest BCUT2D eigenvalue weighted by Crippen LogP contribution is 2.10. The fraction of sp³-hybridized carbons (Fsp3) is 0.500. The first-order chi connectivity index (χ1) is 9.84. The van der Waals surface area contributed by atoms with Gasteiger partial charge in [0.25, 0.3) is 0 Å². The maximum Gasteiger partial charge on any atom is 0.237 e. The van der Waals surface area contributed by atoms with E-state index in [0.29, 0.717) is 19.6 Å². The monoisotopic (exact) mass is 314 g/mol. The van der Waals surface area contributed by atoms with Crippen LogP contribution in [0.5, 0.6) is 0 Å². The van der Waals surface area contributed by atoms with Crippen LogP contribution in [0.3, 0.4) is 0 Å². The van der Waals surface area contributed by atoms with Gasteiger partial charge in [-0.2, -0.15) is 0 Å². The highest BCUT2D eigenvalue weighted by atomic mass is 32.2. The summed E-state index contributed by atoms with van der Waals surface area (Å²) in [7, 11) is -1.59. The van der Waals surface area contributed by atoms with Crippen molar-refractivity contribution in [3.63, 3.8) is 0 Å². The molecule has 1 atom stereocenters. The molecule has 0 spiro atoms. The Morgan fingerprint density at radius 1 is 1.33 bits per heavy atom. The fourth-order valence-corrected chi connectivity index (χ4v) is 2.38. The number of nitrogens with one attached hydrogen (secondary N) is 1. The molecule has 0 saturated heterocycles. The molecule has 0 aromatic heterocycles. The fourth-order valence-electron chi connectivity index (χ4n) is 1.75. The maximum atomic E-state index is 11.8. The molecule has 21 heavy (non-hydrogen) atoms. The number of ether oxygens (including phenoxy) is 1. The van der Waals surface area contributed by atoms with Crippen LogP contribution in [-0.2, 0) is 25.9 Å². The Balaban J connectivity index is 2.46. The van der Waals surface area contributed by atoms with E-state index in [2.05, 4.69) is 5.32 Å². The molecule has 0 bridgehead atoms. The Labute approximate surface area is 125 Å². The Kier molecular flexibility index (Phi) is 6.80. The second-order valence-corrected chi connectivity index (χ2v) is 6.89. The summed E-state index contributed by atoms with van der Waals surface area (Å²) >= 11 is 0. The Morgan fingerprint density at radius 3 is 2.48 bits per heavy atom. The highest BCUT2D eigenvalue weighted by molar-refractivity contribution is 7.90. The van der Waals surface area contributed by atoms with Crippen LogP contribution in [-0.4, -0.2) is 40.3 Å². The van der Waals surface area contributed by atoms with Gasteiger partial charge in [-0.05, 0) is 30.5 Å². The second kappa shape index (κ2) is 8.11. The van der Waals surface area contributed by atoms with Gasteiger partial charge in [-0.15, -0.1) is 0 Å². The number of carbonyl (C=O) groups is 1. The molecule has 1 aromatic rings. The van der Waals surface area contributed by atoms with E-state index in [9.17, 15) is 13.2 Å². The van der Waals surface area contributed by atoms with E-state index in [1.165, 1.54) is 12.1 Å². The molecule has 7 heteroatoms. The van der Waals surface area contributed by atoms with Gasteiger partial charge in [-0.1, -0.05) is 12.1 Å². The molecule has 6 nitrogen and oxygen atoms in total. The number of hydrogen-bond acceptors (Lipinski definition) is 5. The van der Waals surface area contributed by atoms with Crippen molar-refractivity contribution < 1.29 is 17.9 Å². The SMILES string of the molecule is COCCCC(N)C(=O)NCc1ccc(S(C)(=O)=O)cc1. The quantitative estimate of drug-likeness (QED) is 0.679. The maximum absolute atomic E-state index is 11.8. The number of carbonyl (C=O) groups excluding carboxylic acids is 1. The molecule has 0 radical (unpaired) electrons. The molecule has 3 N–H and O–H groups in total. The lowest BCUT2D eigenvalue weighted by atomic mass is 10.1. The van der Waals surface area contributed by atoms with Crippen LogP contribution in [0.15, 0.2) is 29.2 Å². The lowest BCUT2D eigenvalue weighted by molar-refractivity contribution is -0.122. The zero-order chi connectivity index (χ0) is 15.9. The molecular formula is C14H22N2O4S. The molecule has 1 aromatic carbocycles. The Morgan fingerprint density at radius 2 is 1.95 bits per heavy atom. The van der Waals surface area contributed by atoms with Crippen molar-refractivity contribution in [2.45, 2.75) is 30.3 Å². The van der Waals surface area contributed by atoms with Crippen LogP contribution in [0.4, 0.5) is 0 Å². The van der Waals surface area contributed by atoms with Crippen LogP contribution < -0.4 is 11.1 Å². The Bertz CT molecular complexity index is 555. The van der Waals surface area contributed by atoms with Gasteiger partial charge >= 0.3 is 0 Å². The summed E-state index contributed by atoms with van der Waals surface area (Å²) in [6.07, 6.45) is 2.45. The van der Waals surface area contributed by atoms with Crippen molar-refractivity contribution in [2.75, 3.05) is 20.0 Å². The number of nitrogens with two attached hydrogens (primary N) is 1. The summed E-state index contributed by atoms with van der Waals surface area (Å²) in [6, 6.07) is 5.83. The third-order valence-electron chi connectivity index (χ3n) is 3.02. The minimum absolute atomic E-state index is 0.224. The van der Waals surface area contributed by atoms with Crippen molar-refractivity contribution in [2.24, 2.45) is 5.73 Å². The summed E-state index contributed by atoms with van der Waals surface area (Å²) in [4.78, 5) is 12.0. The van der Waals surface area contributed by atoms with Gasteiger partial charge in [-0.25, -0.2) is 8.42 Å². The van der Waals surface area contributed by atoms with E-state index in [1.807, 2.05) is 0 Å². The van der Waals surface area contributed by atoms with Gasteiger partial charge in [0.2, 0.25) is 5.91 Å². The van der Waals surface area contributed by atoms with Gasteiger partial charge in [0.1, 0.15) is 0 Å². The van der Waals surface area contributed by atoms with E-state index >= 15 is 0 Å². The minimum Gasteiger partial charge on any atom is -0.385 e. The van der Waals surface area contributed by atoms with E-state index in [0.717, 1.165) is 18.2 Å². The topological polar surface area (TPSA) is 98.5 Å². The number of sulfone groups is 1. The molecule has 0 aliphatic carbocycles. The number of methoxy groups -OCH3 is 1. The number of amides is 1. The van der Waals surface area contributed by atoms with Gasteiger partial charge in [-0.3, -0.25) is 4.79 Å². The molecular weight excluding hydrogens is 292 g/mol. The van der Waals surface area contributed by atoms with E-state index in [4.69, 9.17) is 10.5 Å². The average molecular weight is 314 g/mol. The molecule has 1 unspecified atom stereocenters. The van der Waals surface area contributed by atoms with Crippen molar-refractivity contribution in [1.29, 1.82) is 0 Å². The number of rotatable bonds is 8. The van der Waals surface area contributed by atoms with E-state index in [-0.39, 0.29) is 10.8 Å². The van der Waals surface area contributed by atoms with Crippen LogP contribution >= 0.6 is 0 Å².